The van der Waals surface area contributed by atoms with Crippen molar-refractivity contribution in [2.24, 2.45) is 0 Å². The van der Waals surface area contributed by atoms with Gasteiger partial charge in [-0.15, -0.1) is 6.61 Å². The van der Waals surface area contributed by atoms with Gasteiger partial charge in [0.1, 0.15) is 0 Å². The maximum Gasteiger partial charge on any atom is 2.00 e. The number of rotatable bonds is 1. The second-order valence-electron chi connectivity index (χ2n) is 3.65. The first kappa shape index (κ1) is 16.2. The molecule has 1 nitrogen and oxygen atoms in total. The van der Waals surface area contributed by atoms with E-state index in [0.717, 1.165) is 5.56 Å². The number of hydrogen-bond acceptors (Lipinski definition) is 1. The van der Waals surface area contributed by atoms with Gasteiger partial charge in [0.25, 0.3) is 0 Å². The van der Waals surface area contributed by atoms with Crippen molar-refractivity contribution < 1.29 is 5.11 Å². The Bertz CT molecular complexity index is 395. The fourth-order valence-electron chi connectivity index (χ4n) is 1.31. The summed E-state index contributed by atoms with van der Waals surface area (Å²) in [5.41, 5.74) is 3.28. The predicted molar refractivity (Wildman–Crippen MR) is 70.7 cm³/mol. The largest absolute Gasteiger partial charge is 2.00 e. The van der Waals surface area contributed by atoms with E-state index in [1.807, 2.05) is 62.4 Å². The Kier molecular flexibility index (Phi) is 8.77. The van der Waals surface area contributed by atoms with Crippen molar-refractivity contribution in [1.82, 2.24) is 0 Å². The molecule has 0 spiro atoms. The summed E-state index contributed by atoms with van der Waals surface area (Å²) in [6.07, 6.45) is 0. The fourth-order valence-corrected chi connectivity index (χ4v) is 1.31. The third-order valence-electron chi connectivity index (χ3n) is 2.10. The summed E-state index contributed by atoms with van der Waals surface area (Å²) in [4.78, 5) is 0. The van der Waals surface area contributed by atoms with Crippen LogP contribution in [0.3, 0.4) is 0 Å². The molecule has 2 aromatic carbocycles. The molecule has 0 amide bonds. The molecule has 0 heterocycles. The molecule has 0 fully saturated rings. The van der Waals surface area contributed by atoms with Gasteiger partial charge in [-0.3, -0.25) is 0 Å². The summed E-state index contributed by atoms with van der Waals surface area (Å²) in [6.45, 7) is 3.99. The van der Waals surface area contributed by atoms with Crippen molar-refractivity contribution in [3.05, 3.63) is 71.3 Å². The topological polar surface area (TPSA) is 23.1 Å². The zero-order valence-electron chi connectivity index (χ0n) is 10.4. The van der Waals surface area contributed by atoms with Crippen molar-refractivity contribution in [3.8, 4) is 0 Å². The van der Waals surface area contributed by atoms with Crippen molar-refractivity contribution >= 4 is 23.1 Å². The standard InChI is InChI=1S/C8H9.C7H7O.Mg/c1-7-4-3-5-8(2)6-7;8-6-7-4-2-1-3-5-7;/h3-5H,1-2H3;1-5H,6H2;/q2*-1;+2. The monoisotopic (exact) mass is 236 g/mol. The molecule has 17 heavy (non-hydrogen) atoms. The molecule has 0 unspecified atom stereocenters. The van der Waals surface area contributed by atoms with Crippen LogP contribution in [0.15, 0.2) is 48.5 Å². The van der Waals surface area contributed by atoms with E-state index in [-0.39, 0.29) is 29.7 Å². The van der Waals surface area contributed by atoms with Gasteiger partial charge in [0.15, 0.2) is 0 Å². The Labute approximate surface area is 120 Å². The minimum absolute atomic E-state index is 0. The summed E-state index contributed by atoms with van der Waals surface area (Å²) in [5.74, 6) is 0. The predicted octanol–water partition coefficient (Wildman–Crippen LogP) is 2.27. The quantitative estimate of drug-likeness (QED) is 0.550. The van der Waals surface area contributed by atoms with Gasteiger partial charge in [-0.2, -0.15) is 35.4 Å². The molecular weight excluding hydrogens is 220 g/mol. The molecule has 0 aromatic heterocycles. The van der Waals surface area contributed by atoms with E-state index in [2.05, 4.69) is 6.07 Å². The Morgan fingerprint density at radius 1 is 0.882 bits per heavy atom. The van der Waals surface area contributed by atoms with E-state index >= 15 is 0 Å². The minimum atomic E-state index is -0.110. The second kappa shape index (κ2) is 9.22. The Balaban J connectivity index is 0.000000284. The summed E-state index contributed by atoms with van der Waals surface area (Å²) in [6, 6.07) is 18.6. The summed E-state index contributed by atoms with van der Waals surface area (Å²) in [7, 11) is 0. The third-order valence-corrected chi connectivity index (χ3v) is 2.10. The van der Waals surface area contributed by atoms with Gasteiger partial charge in [-0.05, 0) is 0 Å². The van der Waals surface area contributed by atoms with E-state index in [9.17, 15) is 5.11 Å². The maximum atomic E-state index is 10.1. The third kappa shape index (κ3) is 7.16. The van der Waals surface area contributed by atoms with E-state index in [1.54, 1.807) is 0 Å². The Hall–Kier alpha value is -0.834. The van der Waals surface area contributed by atoms with Gasteiger partial charge in [0.05, 0.1) is 0 Å². The molecular formula is C15H16MgO. The fraction of sp³-hybridized carbons (Fsp3) is 0.200. The SMILES string of the molecule is Cc1[c-]c(C)ccc1.[Mg+2].[O-]Cc1ccccc1. The molecule has 2 aromatic rings. The van der Waals surface area contributed by atoms with Crippen LogP contribution in [0.25, 0.3) is 0 Å². The summed E-state index contributed by atoms with van der Waals surface area (Å²) in [5, 5.41) is 10.1. The molecule has 0 atom stereocenters. The second-order valence-corrected chi connectivity index (χ2v) is 3.65. The van der Waals surface area contributed by atoms with Crippen LogP contribution in [0.4, 0.5) is 0 Å². The average molecular weight is 237 g/mol. The first-order valence-electron chi connectivity index (χ1n) is 5.30. The molecule has 0 N–H and O–H groups in total. The zero-order valence-corrected chi connectivity index (χ0v) is 11.9. The van der Waals surface area contributed by atoms with Crippen LogP contribution in [0.5, 0.6) is 0 Å². The van der Waals surface area contributed by atoms with Crippen LogP contribution < -0.4 is 5.11 Å². The van der Waals surface area contributed by atoms with Gasteiger partial charge >= 0.3 is 23.1 Å². The Morgan fingerprint density at radius 3 is 1.71 bits per heavy atom. The Morgan fingerprint density at radius 2 is 1.41 bits per heavy atom. The smallest absolute Gasteiger partial charge is 0.851 e. The normalized spacial score (nSPS) is 8.65. The van der Waals surface area contributed by atoms with Crippen molar-refractivity contribution in [2.45, 2.75) is 20.5 Å². The number of benzene rings is 2. The first-order chi connectivity index (χ1) is 7.72. The van der Waals surface area contributed by atoms with Crippen LogP contribution in [0.2, 0.25) is 0 Å². The van der Waals surface area contributed by atoms with E-state index < -0.39 is 0 Å². The molecule has 0 aliphatic rings. The molecule has 0 saturated carbocycles. The van der Waals surface area contributed by atoms with E-state index in [1.165, 1.54) is 11.1 Å². The van der Waals surface area contributed by atoms with Crippen molar-refractivity contribution in [3.63, 3.8) is 0 Å². The van der Waals surface area contributed by atoms with E-state index in [4.69, 9.17) is 0 Å². The van der Waals surface area contributed by atoms with Gasteiger partial charge < -0.3 is 5.11 Å². The minimum Gasteiger partial charge on any atom is -0.851 e. The number of aryl methyl sites for hydroxylation is 2. The average Bonchev–Trinajstić information content (AvgIpc) is 2.31. The van der Waals surface area contributed by atoms with Crippen LogP contribution in [-0.4, -0.2) is 23.1 Å². The molecule has 84 valence electrons. The van der Waals surface area contributed by atoms with Gasteiger partial charge in [0.2, 0.25) is 0 Å². The maximum absolute atomic E-state index is 10.1. The molecule has 2 heteroatoms. The zero-order chi connectivity index (χ0) is 11.8. The van der Waals surface area contributed by atoms with Crippen LogP contribution in [0, 0.1) is 19.9 Å². The van der Waals surface area contributed by atoms with Crippen molar-refractivity contribution in [2.75, 3.05) is 0 Å². The molecule has 0 aliphatic carbocycles. The van der Waals surface area contributed by atoms with Crippen LogP contribution in [0.1, 0.15) is 16.7 Å². The first-order valence-corrected chi connectivity index (χ1v) is 5.30. The van der Waals surface area contributed by atoms with Crippen molar-refractivity contribution in [1.29, 1.82) is 0 Å². The summed E-state index contributed by atoms with van der Waals surface area (Å²) >= 11 is 0. The number of hydrogen-bond donors (Lipinski definition) is 0. The van der Waals surface area contributed by atoms with Gasteiger partial charge in [0, 0.05) is 0 Å². The molecule has 0 bridgehead atoms. The van der Waals surface area contributed by atoms with E-state index in [0.29, 0.717) is 0 Å². The van der Waals surface area contributed by atoms with Gasteiger partial charge in [-0.25, -0.2) is 0 Å². The van der Waals surface area contributed by atoms with Gasteiger partial charge in [-0.1, -0.05) is 49.7 Å². The van der Waals surface area contributed by atoms with Crippen LogP contribution in [-0.2, 0) is 6.61 Å². The molecule has 0 aliphatic heterocycles. The summed E-state index contributed by atoms with van der Waals surface area (Å²) < 4.78 is 0. The molecule has 2 rings (SSSR count). The molecule has 0 saturated heterocycles. The van der Waals surface area contributed by atoms with Crippen LogP contribution >= 0.6 is 0 Å². The molecule has 0 radical (unpaired) electrons.